The van der Waals surface area contributed by atoms with Crippen molar-refractivity contribution in [1.82, 2.24) is 9.80 Å². The van der Waals surface area contributed by atoms with Gasteiger partial charge in [-0.1, -0.05) is 36.4 Å². The lowest BCUT2D eigenvalue weighted by molar-refractivity contribution is -0.0588. The van der Waals surface area contributed by atoms with Crippen molar-refractivity contribution in [3.8, 4) is 11.5 Å². The number of aliphatic hydroxyl groups is 1. The molecule has 2 aromatic carbocycles. The van der Waals surface area contributed by atoms with E-state index in [1.807, 2.05) is 72.2 Å². The van der Waals surface area contributed by atoms with Crippen molar-refractivity contribution in [2.75, 3.05) is 39.4 Å². The lowest BCUT2D eigenvalue weighted by Crippen LogP contribution is -2.51. The zero-order chi connectivity index (χ0) is 26.3. The SMILES string of the molecule is CCOCCCC[C@@](O)(c1ccccc1Oc1ccccc1C)[C@@H]1CCCN(C(=O)N2CC[C@H](N)C2)C1. The Morgan fingerprint density at radius 1 is 1.03 bits per heavy atom. The number of urea groups is 1. The molecule has 2 amide bonds. The minimum atomic E-state index is -1.13. The van der Waals surface area contributed by atoms with Crippen LogP contribution in [0.15, 0.2) is 48.5 Å². The van der Waals surface area contributed by atoms with Crippen LogP contribution in [0.25, 0.3) is 0 Å². The molecule has 202 valence electrons. The number of nitrogens with two attached hydrogens (primary N) is 1. The molecule has 37 heavy (non-hydrogen) atoms. The number of hydrogen-bond acceptors (Lipinski definition) is 5. The molecule has 0 aromatic heterocycles. The predicted molar refractivity (Wildman–Crippen MR) is 146 cm³/mol. The van der Waals surface area contributed by atoms with Gasteiger partial charge in [0.15, 0.2) is 0 Å². The van der Waals surface area contributed by atoms with E-state index in [1.54, 1.807) is 0 Å². The Balaban J connectivity index is 1.60. The molecular formula is C30H43N3O4. The Kier molecular flexibility index (Phi) is 9.46. The second-order valence-corrected chi connectivity index (χ2v) is 10.5. The van der Waals surface area contributed by atoms with Gasteiger partial charge in [-0.2, -0.15) is 0 Å². The maximum absolute atomic E-state index is 13.3. The van der Waals surface area contributed by atoms with Gasteiger partial charge in [0.25, 0.3) is 0 Å². The Morgan fingerprint density at radius 3 is 2.49 bits per heavy atom. The van der Waals surface area contributed by atoms with Crippen molar-refractivity contribution >= 4 is 6.03 Å². The maximum atomic E-state index is 13.3. The summed E-state index contributed by atoms with van der Waals surface area (Å²) in [5.41, 5.74) is 6.76. The molecule has 4 rings (SSSR count). The lowest BCUT2D eigenvalue weighted by atomic mass is 9.73. The van der Waals surface area contributed by atoms with Crippen molar-refractivity contribution in [3.05, 3.63) is 59.7 Å². The highest BCUT2D eigenvalue weighted by atomic mass is 16.5. The summed E-state index contributed by atoms with van der Waals surface area (Å²) in [5.74, 6) is 1.34. The molecule has 3 N–H and O–H groups in total. The molecule has 2 fully saturated rings. The fraction of sp³-hybridized carbons (Fsp3) is 0.567. The Labute approximate surface area is 221 Å². The summed E-state index contributed by atoms with van der Waals surface area (Å²) in [6.07, 6.45) is 4.83. The second-order valence-electron chi connectivity index (χ2n) is 10.5. The molecule has 7 nitrogen and oxygen atoms in total. The molecule has 0 saturated carbocycles. The molecule has 0 spiro atoms. The minimum Gasteiger partial charge on any atom is -0.457 e. The Hall–Kier alpha value is -2.61. The zero-order valence-electron chi connectivity index (χ0n) is 22.4. The standard InChI is InChI=1S/C30H43N3O4/c1-3-36-20-9-8-17-30(35,24-12-10-18-32(21-24)29(34)33-19-16-25(31)22-33)26-13-5-7-15-28(26)37-27-14-6-4-11-23(27)2/h4-7,11,13-15,24-25,35H,3,8-10,12,16-22,31H2,1-2H3/t24-,25+,30+/m1/s1. The maximum Gasteiger partial charge on any atom is 0.320 e. The third kappa shape index (κ3) is 6.64. The van der Waals surface area contributed by atoms with E-state index >= 15 is 0 Å². The molecule has 0 radical (unpaired) electrons. The number of rotatable bonds is 10. The van der Waals surface area contributed by atoms with Gasteiger partial charge in [0.1, 0.15) is 11.5 Å². The average Bonchev–Trinajstić information content (AvgIpc) is 3.36. The molecule has 2 aliphatic rings. The number of piperidine rings is 1. The number of carbonyl (C=O) groups is 1. The highest BCUT2D eigenvalue weighted by Crippen LogP contribution is 2.44. The van der Waals surface area contributed by atoms with Crippen LogP contribution in [0.4, 0.5) is 4.79 Å². The third-order valence-corrected chi connectivity index (χ3v) is 7.83. The minimum absolute atomic E-state index is 0.0424. The number of amides is 2. The first-order valence-corrected chi connectivity index (χ1v) is 13.8. The van der Waals surface area contributed by atoms with Crippen molar-refractivity contribution in [2.45, 2.75) is 64.0 Å². The molecule has 3 atom stereocenters. The average molecular weight is 510 g/mol. The van der Waals surface area contributed by atoms with Crippen molar-refractivity contribution < 1.29 is 19.4 Å². The molecule has 7 heteroatoms. The number of unbranched alkanes of at least 4 members (excludes halogenated alkanes) is 1. The van der Waals surface area contributed by atoms with Gasteiger partial charge < -0.3 is 30.1 Å². The van der Waals surface area contributed by atoms with Gasteiger partial charge in [-0.05, 0) is 70.1 Å². The van der Waals surface area contributed by atoms with Crippen LogP contribution in [0.2, 0.25) is 0 Å². The fourth-order valence-electron chi connectivity index (χ4n) is 5.71. The smallest absolute Gasteiger partial charge is 0.320 e. The molecular weight excluding hydrogens is 466 g/mol. The van der Waals surface area contributed by atoms with E-state index in [4.69, 9.17) is 15.2 Å². The van der Waals surface area contributed by atoms with Gasteiger partial charge in [0, 0.05) is 56.9 Å². The summed E-state index contributed by atoms with van der Waals surface area (Å²) in [5, 5.41) is 12.5. The van der Waals surface area contributed by atoms with Crippen LogP contribution in [0, 0.1) is 12.8 Å². The van der Waals surface area contributed by atoms with Gasteiger partial charge >= 0.3 is 6.03 Å². The van der Waals surface area contributed by atoms with Crippen LogP contribution in [-0.4, -0.2) is 66.4 Å². The summed E-state index contributed by atoms with van der Waals surface area (Å²) in [4.78, 5) is 17.1. The van der Waals surface area contributed by atoms with Crippen LogP contribution in [0.5, 0.6) is 11.5 Å². The van der Waals surface area contributed by atoms with E-state index in [0.717, 1.165) is 49.0 Å². The van der Waals surface area contributed by atoms with Gasteiger partial charge in [-0.15, -0.1) is 0 Å². The van der Waals surface area contributed by atoms with Crippen LogP contribution in [0.3, 0.4) is 0 Å². The molecule has 2 saturated heterocycles. The topological polar surface area (TPSA) is 88.3 Å². The number of ether oxygens (including phenoxy) is 2. The van der Waals surface area contributed by atoms with E-state index in [9.17, 15) is 9.90 Å². The predicted octanol–water partition coefficient (Wildman–Crippen LogP) is 5.05. The number of para-hydroxylation sites is 2. The highest BCUT2D eigenvalue weighted by Gasteiger charge is 2.43. The molecule has 2 aromatic rings. The number of likely N-dealkylation sites (tertiary alicyclic amines) is 2. The summed E-state index contributed by atoms with van der Waals surface area (Å²) < 4.78 is 12.0. The first kappa shape index (κ1) is 27.4. The van der Waals surface area contributed by atoms with E-state index in [-0.39, 0.29) is 18.0 Å². The molecule has 0 unspecified atom stereocenters. The normalized spacial score (nSPS) is 21.6. The number of aryl methyl sites for hydroxylation is 1. The van der Waals surface area contributed by atoms with Gasteiger partial charge in [-0.3, -0.25) is 0 Å². The molecule has 0 bridgehead atoms. The quantitative estimate of drug-likeness (QED) is 0.438. The van der Waals surface area contributed by atoms with Gasteiger partial charge in [0.05, 0.1) is 5.60 Å². The van der Waals surface area contributed by atoms with Gasteiger partial charge in [0.2, 0.25) is 0 Å². The lowest BCUT2D eigenvalue weighted by Gasteiger charge is -2.44. The Morgan fingerprint density at radius 2 is 1.76 bits per heavy atom. The number of benzene rings is 2. The largest absolute Gasteiger partial charge is 0.457 e. The number of nitrogens with zero attached hydrogens (tertiary/aromatic N) is 2. The molecule has 2 aliphatic heterocycles. The number of carbonyl (C=O) groups excluding carboxylic acids is 1. The highest BCUT2D eigenvalue weighted by molar-refractivity contribution is 5.75. The Bertz CT molecular complexity index is 1030. The summed E-state index contributed by atoms with van der Waals surface area (Å²) in [6.45, 7) is 7.93. The first-order chi connectivity index (χ1) is 17.9. The molecule has 0 aliphatic carbocycles. The monoisotopic (exact) mass is 509 g/mol. The number of hydrogen-bond donors (Lipinski definition) is 2. The first-order valence-electron chi connectivity index (χ1n) is 13.8. The van der Waals surface area contributed by atoms with Crippen LogP contribution in [-0.2, 0) is 10.3 Å². The van der Waals surface area contributed by atoms with E-state index in [2.05, 4.69) is 0 Å². The summed E-state index contributed by atoms with van der Waals surface area (Å²) in [6, 6.07) is 15.8. The van der Waals surface area contributed by atoms with Crippen molar-refractivity contribution in [2.24, 2.45) is 11.7 Å². The summed E-state index contributed by atoms with van der Waals surface area (Å²) >= 11 is 0. The van der Waals surface area contributed by atoms with Crippen LogP contribution in [0.1, 0.15) is 56.6 Å². The summed E-state index contributed by atoms with van der Waals surface area (Å²) in [7, 11) is 0. The second kappa shape index (κ2) is 12.8. The fourth-order valence-corrected chi connectivity index (χ4v) is 5.71. The van der Waals surface area contributed by atoms with Crippen molar-refractivity contribution in [1.29, 1.82) is 0 Å². The van der Waals surface area contributed by atoms with Crippen molar-refractivity contribution in [3.63, 3.8) is 0 Å². The zero-order valence-corrected chi connectivity index (χ0v) is 22.4. The molecule has 2 heterocycles. The van der Waals surface area contributed by atoms with Gasteiger partial charge in [-0.25, -0.2) is 4.79 Å². The van der Waals surface area contributed by atoms with Crippen LogP contribution < -0.4 is 10.5 Å². The van der Waals surface area contributed by atoms with E-state index < -0.39 is 5.60 Å². The van der Waals surface area contributed by atoms with E-state index in [1.165, 1.54) is 0 Å². The third-order valence-electron chi connectivity index (χ3n) is 7.83. The van der Waals surface area contributed by atoms with E-state index in [0.29, 0.717) is 51.6 Å². The van der Waals surface area contributed by atoms with Crippen LogP contribution >= 0.6 is 0 Å².